The maximum atomic E-state index is 12.4. The van der Waals surface area contributed by atoms with Crippen molar-refractivity contribution in [1.29, 1.82) is 0 Å². The van der Waals surface area contributed by atoms with Crippen LogP contribution in [0.3, 0.4) is 0 Å². The Labute approximate surface area is 157 Å². The van der Waals surface area contributed by atoms with Crippen molar-refractivity contribution >= 4 is 5.91 Å². The zero-order valence-corrected chi connectivity index (χ0v) is 15.5. The van der Waals surface area contributed by atoms with Gasteiger partial charge in [0, 0.05) is 31.7 Å². The fraction of sp³-hybridized carbons (Fsp3) is 0.421. The zero-order chi connectivity index (χ0) is 18.8. The highest BCUT2D eigenvalue weighted by molar-refractivity contribution is 5.76. The van der Waals surface area contributed by atoms with Crippen molar-refractivity contribution in [3.05, 3.63) is 48.3 Å². The van der Waals surface area contributed by atoms with Gasteiger partial charge in [0.05, 0.1) is 35.2 Å². The lowest BCUT2D eigenvalue weighted by Crippen LogP contribution is -2.31. The third-order valence-electron chi connectivity index (χ3n) is 4.99. The topological polar surface area (TPSA) is 89.9 Å². The lowest BCUT2D eigenvalue weighted by Gasteiger charge is -2.16. The minimum atomic E-state index is 0.131. The van der Waals surface area contributed by atoms with Crippen molar-refractivity contribution in [1.82, 2.24) is 29.6 Å². The summed E-state index contributed by atoms with van der Waals surface area (Å²) in [6, 6.07) is 0. The van der Waals surface area contributed by atoms with E-state index < -0.39 is 0 Å². The van der Waals surface area contributed by atoms with E-state index in [1.807, 2.05) is 18.7 Å². The standard InChI is InChI=1S/C19H22N6O2/c1-13-19(14(2)27-23-13)17-9-21-8-16(22-17)7-15-3-5-25(10-15)18(26)11-24-6-4-20-12-24/h4,6,8-9,12,15H,3,5,7,10-11H2,1-2H3/t15-/m1/s1. The Kier molecular flexibility index (Phi) is 4.70. The minimum absolute atomic E-state index is 0.131. The normalized spacial score (nSPS) is 16.8. The lowest BCUT2D eigenvalue weighted by molar-refractivity contribution is -0.130. The molecule has 140 valence electrons. The van der Waals surface area contributed by atoms with Gasteiger partial charge in [-0.2, -0.15) is 0 Å². The molecule has 1 aliphatic heterocycles. The van der Waals surface area contributed by atoms with Gasteiger partial charge in [-0.1, -0.05) is 5.16 Å². The van der Waals surface area contributed by atoms with Crippen LogP contribution in [0.1, 0.15) is 23.6 Å². The molecule has 8 nitrogen and oxygen atoms in total. The van der Waals surface area contributed by atoms with Crippen LogP contribution in [0.5, 0.6) is 0 Å². The summed E-state index contributed by atoms with van der Waals surface area (Å²) in [4.78, 5) is 27.4. The van der Waals surface area contributed by atoms with Crippen LogP contribution in [0.15, 0.2) is 35.6 Å². The third kappa shape index (κ3) is 3.74. The van der Waals surface area contributed by atoms with Gasteiger partial charge in [0.25, 0.3) is 0 Å². The Bertz CT molecular complexity index is 914. The maximum Gasteiger partial charge on any atom is 0.242 e. The van der Waals surface area contributed by atoms with Crippen molar-refractivity contribution in [2.75, 3.05) is 13.1 Å². The first kappa shape index (κ1) is 17.4. The number of carbonyl (C=O) groups excluding carboxylic acids is 1. The summed E-state index contributed by atoms with van der Waals surface area (Å²) in [7, 11) is 0. The average molecular weight is 366 g/mol. The van der Waals surface area contributed by atoms with E-state index in [9.17, 15) is 4.79 Å². The number of likely N-dealkylation sites (tertiary alicyclic amines) is 1. The first-order valence-corrected chi connectivity index (χ1v) is 9.08. The van der Waals surface area contributed by atoms with Crippen molar-refractivity contribution in [3.63, 3.8) is 0 Å². The first-order valence-electron chi connectivity index (χ1n) is 9.08. The molecular weight excluding hydrogens is 344 g/mol. The van der Waals surface area contributed by atoms with E-state index in [2.05, 4.69) is 15.1 Å². The fourth-order valence-electron chi connectivity index (χ4n) is 3.63. The Morgan fingerprint density at radius 1 is 1.30 bits per heavy atom. The number of hydrogen-bond acceptors (Lipinski definition) is 6. The van der Waals surface area contributed by atoms with E-state index in [4.69, 9.17) is 9.51 Å². The summed E-state index contributed by atoms with van der Waals surface area (Å²) in [6.07, 6.45) is 10.5. The number of aryl methyl sites for hydroxylation is 2. The number of carbonyl (C=O) groups is 1. The molecule has 0 unspecified atom stereocenters. The van der Waals surface area contributed by atoms with E-state index in [0.717, 1.165) is 54.3 Å². The van der Waals surface area contributed by atoms with Crippen molar-refractivity contribution in [3.8, 4) is 11.3 Å². The number of hydrogen-bond donors (Lipinski definition) is 0. The molecule has 1 saturated heterocycles. The Morgan fingerprint density at radius 2 is 2.19 bits per heavy atom. The van der Waals surface area contributed by atoms with Gasteiger partial charge in [-0.25, -0.2) is 9.97 Å². The quantitative estimate of drug-likeness (QED) is 0.686. The maximum absolute atomic E-state index is 12.4. The number of nitrogens with zero attached hydrogens (tertiary/aromatic N) is 6. The Hall–Kier alpha value is -3.03. The Morgan fingerprint density at radius 3 is 2.93 bits per heavy atom. The van der Waals surface area contributed by atoms with Gasteiger partial charge >= 0.3 is 0 Å². The van der Waals surface area contributed by atoms with Crippen LogP contribution in [-0.2, 0) is 17.8 Å². The number of amides is 1. The van der Waals surface area contributed by atoms with Crippen LogP contribution in [0.25, 0.3) is 11.3 Å². The van der Waals surface area contributed by atoms with Crippen LogP contribution in [0, 0.1) is 19.8 Å². The van der Waals surface area contributed by atoms with E-state index >= 15 is 0 Å². The molecule has 0 aliphatic carbocycles. The highest BCUT2D eigenvalue weighted by Gasteiger charge is 2.27. The van der Waals surface area contributed by atoms with Gasteiger partial charge in [-0.15, -0.1) is 0 Å². The molecule has 0 saturated carbocycles. The fourth-order valence-corrected chi connectivity index (χ4v) is 3.63. The second kappa shape index (κ2) is 7.30. The van der Waals surface area contributed by atoms with Crippen LogP contribution >= 0.6 is 0 Å². The summed E-state index contributed by atoms with van der Waals surface area (Å²) >= 11 is 0. The van der Waals surface area contributed by atoms with Gasteiger partial charge in [-0.05, 0) is 32.6 Å². The molecule has 4 rings (SSSR count). The smallest absolute Gasteiger partial charge is 0.242 e. The molecule has 0 bridgehead atoms. The van der Waals surface area contributed by atoms with Crippen LogP contribution in [0.2, 0.25) is 0 Å². The van der Waals surface area contributed by atoms with Crippen LogP contribution in [-0.4, -0.2) is 48.6 Å². The van der Waals surface area contributed by atoms with Gasteiger partial charge in [0.1, 0.15) is 12.3 Å². The zero-order valence-electron chi connectivity index (χ0n) is 15.5. The van der Waals surface area contributed by atoms with Crippen molar-refractivity contribution in [2.45, 2.75) is 33.2 Å². The first-order chi connectivity index (χ1) is 13.1. The molecule has 0 spiro atoms. The van der Waals surface area contributed by atoms with Gasteiger partial charge in [0.2, 0.25) is 5.91 Å². The average Bonchev–Trinajstić information content (AvgIpc) is 3.38. The molecular formula is C19H22N6O2. The second-order valence-corrected chi connectivity index (χ2v) is 7.03. The molecule has 1 atom stereocenters. The largest absolute Gasteiger partial charge is 0.361 e. The molecule has 1 aliphatic rings. The predicted octanol–water partition coefficient (Wildman–Crippen LogP) is 2.04. The molecule has 8 heteroatoms. The third-order valence-corrected chi connectivity index (χ3v) is 4.99. The van der Waals surface area contributed by atoms with Crippen molar-refractivity contribution < 1.29 is 9.32 Å². The Balaban J connectivity index is 1.40. The number of imidazole rings is 1. The summed E-state index contributed by atoms with van der Waals surface area (Å²) in [5, 5.41) is 3.99. The van der Waals surface area contributed by atoms with Crippen LogP contribution < -0.4 is 0 Å². The monoisotopic (exact) mass is 366 g/mol. The summed E-state index contributed by atoms with van der Waals surface area (Å²) in [5.41, 5.74) is 3.44. The van der Waals surface area contributed by atoms with E-state index in [1.54, 1.807) is 35.7 Å². The predicted molar refractivity (Wildman–Crippen MR) is 97.6 cm³/mol. The molecule has 0 radical (unpaired) electrons. The summed E-state index contributed by atoms with van der Waals surface area (Å²) in [6.45, 7) is 5.67. The van der Waals surface area contributed by atoms with E-state index in [-0.39, 0.29) is 5.91 Å². The van der Waals surface area contributed by atoms with Crippen molar-refractivity contribution in [2.24, 2.45) is 5.92 Å². The summed E-state index contributed by atoms with van der Waals surface area (Å²) < 4.78 is 7.04. The van der Waals surface area contributed by atoms with E-state index in [1.165, 1.54) is 0 Å². The summed E-state index contributed by atoms with van der Waals surface area (Å²) in [5.74, 6) is 1.27. The number of aromatic nitrogens is 5. The van der Waals surface area contributed by atoms with Gasteiger partial charge in [-0.3, -0.25) is 9.78 Å². The molecule has 3 aromatic heterocycles. The molecule has 0 aromatic carbocycles. The highest BCUT2D eigenvalue weighted by atomic mass is 16.5. The van der Waals surface area contributed by atoms with Gasteiger partial charge in [0.15, 0.2) is 0 Å². The SMILES string of the molecule is Cc1noc(C)c1-c1cncc(C[C@H]2CCN(C(=O)Cn3ccnc3)C2)n1. The molecule has 4 heterocycles. The highest BCUT2D eigenvalue weighted by Crippen LogP contribution is 2.26. The van der Waals surface area contributed by atoms with Crippen LogP contribution in [0.4, 0.5) is 0 Å². The van der Waals surface area contributed by atoms with Gasteiger partial charge < -0.3 is 14.0 Å². The second-order valence-electron chi connectivity index (χ2n) is 7.03. The molecule has 1 amide bonds. The molecule has 1 fully saturated rings. The van der Waals surface area contributed by atoms with E-state index in [0.29, 0.717) is 12.5 Å². The molecule has 27 heavy (non-hydrogen) atoms. The number of rotatable bonds is 5. The molecule has 3 aromatic rings. The molecule has 0 N–H and O–H groups in total. The minimum Gasteiger partial charge on any atom is -0.361 e. The lowest BCUT2D eigenvalue weighted by atomic mass is 10.0.